The van der Waals surface area contributed by atoms with Gasteiger partial charge in [0.15, 0.2) is 5.16 Å². The lowest BCUT2D eigenvalue weighted by atomic mass is 9.84. The number of para-hydroxylation sites is 1. The molecule has 1 aromatic heterocycles. The van der Waals surface area contributed by atoms with Crippen LogP contribution in [-0.2, 0) is 20.7 Å². The highest BCUT2D eigenvalue weighted by Crippen LogP contribution is 2.31. The third-order valence-corrected chi connectivity index (χ3v) is 10.00. The van der Waals surface area contributed by atoms with E-state index in [9.17, 15) is 18.4 Å². The Morgan fingerprint density at radius 1 is 0.981 bits per heavy atom. The van der Waals surface area contributed by atoms with Crippen LogP contribution in [-0.4, -0.2) is 72.3 Å². The third kappa shape index (κ3) is 9.46. The predicted octanol–water partition coefficient (Wildman–Crippen LogP) is 7.13. The molecule has 13 heteroatoms. The molecule has 2 amide bonds. The topological polar surface area (TPSA) is 127 Å². The molecule has 5 aromatic rings. The lowest BCUT2D eigenvalue weighted by molar-refractivity contribution is -0.118. The molecule has 0 radical (unpaired) electrons. The van der Waals surface area contributed by atoms with Gasteiger partial charge in [-0.25, -0.2) is 9.78 Å². The highest BCUT2D eigenvalue weighted by molar-refractivity contribution is 7.99. The zero-order chi connectivity index (χ0) is 36.5. The van der Waals surface area contributed by atoms with E-state index in [1.54, 1.807) is 6.07 Å². The van der Waals surface area contributed by atoms with Gasteiger partial charge in [0.1, 0.15) is 11.8 Å². The van der Waals surface area contributed by atoms with Crippen LogP contribution in [0.5, 0.6) is 5.75 Å². The fraction of sp³-hybridized carbons (Fsp3) is 0.308. The highest BCUT2D eigenvalue weighted by Gasteiger charge is 2.33. The van der Waals surface area contributed by atoms with E-state index in [1.807, 2.05) is 84.9 Å². The fourth-order valence-electron chi connectivity index (χ4n) is 6.36. The van der Waals surface area contributed by atoms with Crippen LogP contribution in [0.1, 0.15) is 36.0 Å². The molecule has 2 heterocycles. The van der Waals surface area contributed by atoms with E-state index in [1.165, 1.54) is 31.0 Å². The number of aromatic nitrogens is 2. The van der Waals surface area contributed by atoms with Gasteiger partial charge in [-0.3, -0.25) is 4.79 Å². The van der Waals surface area contributed by atoms with Gasteiger partial charge in [0.05, 0.1) is 30.4 Å². The van der Waals surface area contributed by atoms with Crippen LogP contribution in [0, 0.1) is 0 Å². The number of carbonyl (C=O) groups excluding carboxylic acids is 2. The molecule has 1 saturated heterocycles. The number of rotatable bonds is 14. The molecule has 1 aliphatic heterocycles. The summed E-state index contributed by atoms with van der Waals surface area (Å²) in [6.07, 6.45) is 0.445. The number of imidazole rings is 1. The minimum absolute atomic E-state index is 0.0707. The van der Waals surface area contributed by atoms with Crippen molar-refractivity contribution in [3.8, 4) is 5.75 Å². The smallest absolute Gasteiger partial charge is 0.407 e. The molecule has 0 bridgehead atoms. The number of morpholine rings is 1. The Kier molecular flexibility index (Phi) is 12.4. The number of H-pyrrole nitrogens is 1. The first kappa shape index (κ1) is 36.8. The number of thioether (sulfide) groups is 1. The SMILES string of the molecule is COC(=O)N[C@H](C(=O)Nc1ccccc1CC[C@@H]1CN[C@H](C)[C@@H](CSc2nc3ccc(OC(F)F)cc3[nH]2)O1)C(c1ccccc1)c1ccccc1. The normalized spacial score (nSPS) is 17.9. The number of hydrogen-bond acceptors (Lipinski definition) is 8. The molecule has 0 unspecified atom stereocenters. The summed E-state index contributed by atoms with van der Waals surface area (Å²) in [7, 11) is 1.27. The number of halogens is 2. The number of fused-ring (bicyclic) bond motifs is 1. The molecule has 1 aliphatic rings. The van der Waals surface area contributed by atoms with Gasteiger partial charge in [0.2, 0.25) is 5.91 Å². The van der Waals surface area contributed by atoms with E-state index in [2.05, 4.69) is 37.6 Å². The Morgan fingerprint density at radius 3 is 2.37 bits per heavy atom. The molecule has 0 saturated carbocycles. The van der Waals surface area contributed by atoms with E-state index >= 15 is 0 Å². The van der Waals surface area contributed by atoms with Gasteiger partial charge in [-0.1, -0.05) is 90.6 Å². The molecule has 0 aliphatic carbocycles. The van der Waals surface area contributed by atoms with Crippen LogP contribution < -0.4 is 20.7 Å². The van der Waals surface area contributed by atoms with Crippen molar-refractivity contribution in [2.75, 3.05) is 24.7 Å². The van der Waals surface area contributed by atoms with Gasteiger partial charge >= 0.3 is 12.7 Å². The number of nitrogens with one attached hydrogen (secondary N) is 4. The van der Waals surface area contributed by atoms with E-state index in [0.717, 1.165) is 16.7 Å². The Balaban J connectivity index is 1.11. The summed E-state index contributed by atoms with van der Waals surface area (Å²) in [5.41, 5.74) is 4.61. The molecular weight excluding hydrogens is 689 g/mol. The number of anilines is 1. The van der Waals surface area contributed by atoms with E-state index < -0.39 is 24.7 Å². The van der Waals surface area contributed by atoms with Gasteiger partial charge in [-0.15, -0.1) is 0 Å². The zero-order valence-corrected chi connectivity index (χ0v) is 29.6. The molecule has 1 fully saturated rings. The molecule has 4 N–H and O–H groups in total. The minimum atomic E-state index is -2.90. The maximum absolute atomic E-state index is 14.1. The average molecular weight is 730 g/mol. The first-order valence-corrected chi connectivity index (χ1v) is 18.0. The van der Waals surface area contributed by atoms with Crippen molar-refractivity contribution in [3.63, 3.8) is 0 Å². The van der Waals surface area contributed by atoms with Crippen LogP contribution >= 0.6 is 11.8 Å². The molecule has 4 atom stereocenters. The van der Waals surface area contributed by atoms with Crippen LogP contribution in [0.25, 0.3) is 11.0 Å². The Morgan fingerprint density at radius 2 is 1.67 bits per heavy atom. The Bertz CT molecular complexity index is 1890. The summed E-state index contributed by atoms with van der Waals surface area (Å²) in [5.74, 6) is -0.165. The summed E-state index contributed by atoms with van der Waals surface area (Å²) in [6, 6.07) is 30.6. The number of aryl methyl sites for hydroxylation is 1. The number of nitrogens with zero attached hydrogens (tertiary/aromatic N) is 1. The van der Waals surface area contributed by atoms with E-state index in [-0.39, 0.29) is 29.9 Å². The van der Waals surface area contributed by atoms with E-state index in [4.69, 9.17) is 9.47 Å². The molecule has 0 spiro atoms. The maximum Gasteiger partial charge on any atom is 0.407 e. The van der Waals surface area contributed by atoms with Crippen LogP contribution in [0.15, 0.2) is 108 Å². The number of amides is 2. The molecule has 10 nitrogen and oxygen atoms in total. The number of ether oxygens (including phenoxy) is 3. The minimum Gasteiger partial charge on any atom is -0.453 e. The number of alkyl carbamates (subject to hydrolysis) is 1. The van der Waals surface area contributed by atoms with Gasteiger partial charge in [0, 0.05) is 36.0 Å². The second-order valence-electron chi connectivity index (χ2n) is 12.5. The fourth-order valence-corrected chi connectivity index (χ4v) is 7.39. The molecular formula is C39H41F2N5O5S. The van der Waals surface area contributed by atoms with Gasteiger partial charge in [0.25, 0.3) is 0 Å². The van der Waals surface area contributed by atoms with Gasteiger partial charge in [-0.2, -0.15) is 8.78 Å². The Labute approximate surface area is 305 Å². The molecule has 52 heavy (non-hydrogen) atoms. The number of aromatic amines is 1. The average Bonchev–Trinajstić information content (AvgIpc) is 3.57. The first-order chi connectivity index (χ1) is 25.3. The Hall–Kier alpha value is -4.98. The van der Waals surface area contributed by atoms with Crippen molar-refractivity contribution in [2.24, 2.45) is 0 Å². The van der Waals surface area contributed by atoms with Crippen LogP contribution in [0.3, 0.4) is 0 Å². The summed E-state index contributed by atoms with van der Waals surface area (Å²) < 4.78 is 41.3. The van der Waals surface area contributed by atoms with Crippen molar-refractivity contribution in [1.82, 2.24) is 20.6 Å². The molecule has 6 rings (SSSR count). The molecule has 272 valence electrons. The second kappa shape index (κ2) is 17.5. The van der Waals surface area contributed by atoms with Crippen LogP contribution in [0.4, 0.5) is 19.3 Å². The largest absolute Gasteiger partial charge is 0.453 e. The summed E-state index contributed by atoms with van der Waals surface area (Å²) in [4.78, 5) is 34.5. The van der Waals surface area contributed by atoms with Crippen molar-refractivity contribution in [3.05, 3.63) is 120 Å². The highest BCUT2D eigenvalue weighted by atomic mass is 32.2. The predicted molar refractivity (Wildman–Crippen MR) is 197 cm³/mol. The van der Waals surface area contributed by atoms with E-state index in [0.29, 0.717) is 47.0 Å². The monoisotopic (exact) mass is 729 g/mol. The van der Waals surface area contributed by atoms with Crippen molar-refractivity contribution >= 4 is 40.5 Å². The number of carbonyl (C=O) groups is 2. The molecule has 4 aromatic carbocycles. The van der Waals surface area contributed by atoms with Crippen molar-refractivity contribution < 1.29 is 32.6 Å². The lowest BCUT2D eigenvalue weighted by Gasteiger charge is -2.36. The second-order valence-corrected chi connectivity index (χ2v) is 13.5. The quantitative estimate of drug-likeness (QED) is 0.0890. The third-order valence-electron chi connectivity index (χ3n) is 9.04. The number of alkyl halides is 2. The van der Waals surface area contributed by atoms with Gasteiger partial charge < -0.3 is 35.1 Å². The number of benzene rings is 4. The summed E-state index contributed by atoms with van der Waals surface area (Å²) in [6.45, 7) is -0.141. The first-order valence-electron chi connectivity index (χ1n) is 17.1. The van der Waals surface area contributed by atoms with Crippen LogP contribution in [0.2, 0.25) is 0 Å². The van der Waals surface area contributed by atoms with Crippen molar-refractivity contribution in [1.29, 1.82) is 0 Å². The number of hydrogen-bond donors (Lipinski definition) is 4. The standard InChI is InChI=1S/C39H41F2N5O5S/c1-24-33(23-52-38-44-31-20-19-28(51-37(40)41)21-32(31)45-38)50-29(22-42-24)18-17-25-11-9-10-16-30(25)43-36(47)35(46-39(48)49-2)34(26-12-5-3-6-13-26)27-14-7-4-8-15-27/h3-16,19-21,24,29,33-35,37,42H,17-18,22-23H2,1-2H3,(H,43,47)(H,44,45)(H,46,48)/t24-,29-,33-,35+/m1/s1. The summed E-state index contributed by atoms with van der Waals surface area (Å²) >= 11 is 1.50. The zero-order valence-electron chi connectivity index (χ0n) is 28.8. The summed E-state index contributed by atoms with van der Waals surface area (Å²) in [5, 5.41) is 10.1. The number of methoxy groups -OCH3 is 1. The van der Waals surface area contributed by atoms with Crippen molar-refractivity contribution in [2.45, 2.75) is 61.7 Å². The maximum atomic E-state index is 14.1. The van der Waals surface area contributed by atoms with Gasteiger partial charge in [-0.05, 0) is 54.7 Å². The lowest BCUT2D eigenvalue weighted by Crippen LogP contribution is -2.52.